The molecule has 0 N–H and O–H groups in total. The van der Waals surface area contributed by atoms with E-state index >= 15 is 0 Å². The Balaban J connectivity index is 1.56. The molecule has 1 fully saturated rings. The lowest BCUT2D eigenvalue weighted by atomic mass is 9.94. The zero-order chi connectivity index (χ0) is 18.7. The number of amides is 1. The van der Waals surface area contributed by atoms with Crippen LogP contribution in [0.1, 0.15) is 26.6 Å². The fourth-order valence-electron chi connectivity index (χ4n) is 2.95. The average Bonchev–Trinajstić information content (AvgIpc) is 3.09. The highest BCUT2D eigenvalue weighted by molar-refractivity contribution is 5.81. The maximum Gasteiger partial charge on any atom is 0.257 e. The predicted octanol–water partition coefficient (Wildman–Crippen LogP) is 2.44. The molecule has 1 amide bonds. The number of hydrogen-bond acceptors (Lipinski definition) is 6. The average molecular weight is 358 g/mol. The number of carbonyl (C=O) groups is 1. The molecule has 0 radical (unpaired) electrons. The highest BCUT2D eigenvalue weighted by atomic mass is 16.5. The van der Waals surface area contributed by atoms with E-state index in [4.69, 9.17) is 9.26 Å². The van der Waals surface area contributed by atoms with Gasteiger partial charge in [0, 0.05) is 37.2 Å². The summed E-state index contributed by atoms with van der Waals surface area (Å²) in [4.78, 5) is 21.0. The summed E-state index contributed by atoms with van der Waals surface area (Å²) in [5, 5.41) is 4.08. The van der Waals surface area contributed by atoms with Gasteiger partial charge in [0.25, 0.3) is 5.89 Å². The summed E-state index contributed by atoms with van der Waals surface area (Å²) in [5.41, 5.74) is 0.536. The third-order valence-corrected chi connectivity index (χ3v) is 4.47. The Morgan fingerprint density at radius 1 is 1.15 bits per heavy atom. The fraction of sp³-hybridized carbons (Fsp3) is 0.526. The van der Waals surface area contributed by atoms with E-state index in [1.807, 2.05) is 49.9 Å². The number of piperazine rings is 1. The van der Waals surface area contributed by atoms with Crippen LogP contribution in [0.25, 0.3) is 11.5 Å². The molecule has 7 nitrogen and oxygen atoms in total. The molecule has 1 aromatic carbocycles. The smallest absolute Gasteiger partial charge is 0.257 e. The number of hydrogen-bond donors (Lipinski definition) is 0. The first kappa shape index (κ1) is 18.4. The van der Waals surface area contributed by atoms with Crippen molar-refractivity contribution in [1.82, 2.24) is 19.9 Å². The highest BCUT2D eigenvalue weighted by Gasteiger charge is 2.29. The zero-order valence-electron chi connectivity index (χ0n) is 15.9. The van der Waals surface area contributed by atoms with Crippen LogP contribution in [0.5, 0.6) is 5.75 Å². The number of methoxy groups -OCH3 is 1. The standard InChI is InChI=1S/C19H26N4O3/c1-19(2,3)18(24)23-11-9-22(10-12-23)13-16-20-17(26-21-16)14-5-7-15(25-4)8-6-14/h5-8H,9-13H2,1-4H3. The molecular formula is C19H26N4O3. The maximum atomic E-state index is 12.3. The van der Waals surface area contributed by atoms with Gasteiger partial charge in [-0.2, -0.15) is 4.98 Å². The van der Waals surface area contributed by atoms with Gasteiger partial charge in [-0.15, -0.1) is 0 Å². The van der Waals surface area contributed by atoms with Crippen molar-refractivity contribution in [3.05, 3.63) is 30.1 Å². The molecule has 0 saturated carbocycles. The summed E-state index contributed by atoms with van der Waals surface area (Å²) >= 11 is 0. The summed E-state index contributed by atoms with van der Waals surface area (Å²) in [6.07, 6.45) is 0. The minimum Gasteiger partial charge on any atom is -0.497 e. The van der Waals surface area contributed by atoms with Crippen molar-refractivity contribution in [2.75, 3.05) is 33.3 Å². The van der Waals surface area contributed by atoms with Crippen molar-refractivity contribution in [1.29, 1.82) is 0 Å². The zero-order valence-corrected chi connectivity index (χ0v) is 15.9. The molecule has 1 aliphatic heterocycles. The van der Waals surface area contributed by atoms with Gasteiger partial charge in [0.1, 0.15) is 5.75 Å². The van der Waals surface area contributed by atoms with E-state index < -0.39 is 0 Å². The highest BCUT2D eigenvalue weighted by Crippen LogP contribution is 2.22. The van der Waals surface area contributed by atoms with Crippen LogP contribution in [-0.2, 0) is 11.3 Å². The molecule has 0 bridgehead atoms. The Hall–Kier alpha value is -2.41. The lowest BCUT2D eigenvalue weighted by Gasteiger charge is -2.37. The lowest BCUT2D eigenvalue weighted by Crippen LogP contribution is -2.51. The largest absolute Gasteiger partial charge is 0.497 e. The van der Waals surface area contributed by atoms with E-state index in [1.54, 1.807) is 7.11 Å². The van der Waals surface area contributed by atoms with Gasteiger partial charge in [-0.25, -0.2) is 0 Å². The first-order chi connectivity index (χ1) is 12.4. The fourth-order valence-corrected chi connectivity index (χ4v) is 2.95. The number of benzene rings is 1. The predicted molar refractivity (Wildman–Crippen MR) is 97.6 cm³/mol. The summed E-state index contributed by atoms with van der Waals surface area (Å²) in [6, 6.07) is 7.52. The molecule has 2 aromatic rings. The van der Waals surface area contributed by atoms with Gasteiger partial charge in [-0.1, -0.05) is 25.9 Å². The molecule has 1 aliphatic rings. The van der Waals surface area contributed by atoms with E-state index in [0.717, 1.165) is 37.5 Å². The van der Waals surface area contributed by atoms with Crippen molar-refractivity contribution in [3.8, 4) is 17.2 Å². The van der Waals surface area contributed by atoms with Crippen LogP contribution < -0.4 is 4.74 Å². The second-order valence-electron chi connectivity index (χ2n) is 7.56. The summed E-state index contributed by atoms with van der Waals surface area (Å²) in [7, 11) is 1.63. The van der Waals surface area contributed by atoms with Gasteiger partial charge in [0.05, 0.1) is 13.7 Å². The van der Waals surface area contributed by atoms with Gasteiger partial charge >= 0.3 is 0 Å². The molecule has 7 heteroatoms. The Kier molecular flexibility index (Phi) is 5.27. The van der Waals surface area contributed by atoms with Crippen molar-refractivity contribution >= 4 is 5.91 Å². The topological polar surface area (TPSA) is 71.7 Å². The van der Waals surface area contributed by atoms with Crippen molar-refractivity contribution < 1.29 is 14.1 Å². The second kappa shape index (κ2) is 7.45. The van der Waals surface area contributed by atoms with Crippen LogP contribution >= 0.6 is 0 Å². The molecule has 3 rings (SSSR count). The van der Waals surface area contributed by atoms with Crippen molar-refractivity contribution in [3.63, 3.8) is 0 Å². The quantitative estimate of drug-likeness (QED) is 0.836. The lowest BCUT2D eigenvalue weighted by molar-refractivity contribution is -0.141. The molecule has 0 unspecified atom stereocenters. The Bertz CT molecular complexity index is 741. The number of rotatable bonds is 4. The van der Waals surface area contributed by atoms with Gasteiger partial charge in [0.15, 0.2) is 5.82 Å². The third-order valence-electron chi connectivity index (χ3n) is 4.47. The minimum atomic E-state index is -0.330. The van der Waals surface area contributed by atoms with E-state index in [1.165, 1.54) is 0 Å². The summed E-state index contributed by atoms with van der Waals surface area (Å²) < 4.78 is 10.5. The first-order valence-electron chi connectivity index (χ1n) is 8.85. The molecule has 1 saturated heterocycles. The molecule has 0 atom stereocenters. The number of aromatic nitrogens is 2. The molecule has 0 aliphatic carbocycles. The second-order valence-corrected chi connectivity index (χ2v) is 7.56. The van der Waals surface area contributed by atoms with Crippen LogP contribution in [0.2, 0.25) is 0 Å². The first-order valence-corrected chi connectivity index (χ1v) is 8.85. The Labute approximate surface area is 153 Å². The normalized spacial score (nSPS) is 15.9. The van der Waals surface area contributed by atoms with Crippen LogP contribution in [0.3, 0.4) is 0 Å². The van der Waals surface area contributed by atoms with E-state index in [9.17, 15) is 4.79 Å². The van der Waals surface area contributed by atoms with E-state index in [0.29, 0.717) is 18.3 Å². The van der Waals surface area contributed by atoms with Crippen LogP contribution in [0.15, 0.2) is 28.8 Å². The van der Waals surface area contributed by atoms with Gasteiger partial charge < -0.3 is 14.2 Å². The van der Waals surface area contributed by atoms with Crippen LogP contribution in [0.4, 0.5) is 0 Å². The summed E-state index contributed by atoms with van der Waals surface area (Å²) in [6.45, 7) is 9.60. The number of ether oxygens (including phenoxy) is 1. The molecule has 140 valence electrons. The van der Waals surface area contributed by atoms with Crippen LogP contribution in [0, 0.1) is 5.41 Å². The SMILES string of the molecule is COc1ccc(-c2nc(CN3CCN(C(=O)C(C)(C)C)CC3)no2)cc1. The third kappa shape index (κ3) is 4.22. The van der Waals surface area contributed by atoms with E-state index in [2.05, 4.69) is 15.0 Å². The van der Waals surface area contributed by atoms with Gasteiger partial charge in [-0.3, -0.25) is 9.69 Å². The minimum absolute atomic E-state index is 0.207. The van der Waals surface area contributed by atoms with Gasteiger partial charge in [0.2, 0.25) is 5.91 Å². The Morgan fingerprint density at radius 2 is 1.81 bits per heavy atom. The molecule has 0 spiro atoms. The van der Waals surface area contributed by atoms with E-state index in [-0.39, 0.29) is 11.3 Å². The monoisotopic (exact) mass is 358 g/mol. The van der Waals surface area contributed by atoms with Crippen molar-refractivity contribution in [2.24, 2.45) is 5.41 Å². The molecule has 26 heavy (non-hydrogen) atoms. The maximum absolute atomic E-state index is 12.3. The van der Waals surface area contributed by atoms with Crippen molar-refractivity contribution in [2.45, 2.75) is 27.3 Å². The molecule has 2 heterocycles. The number of carbonyl (C=O) groups excluding carboxylic acids is 1. The molecule has 1 aromatic heterocycles. The van der Waals surface area contributed by atoms with Gasteiger partial charge in [-0.05, 0) is 24.3 Å². The Morgan fingerprint density at radius 3 is 2.38 bits per heavy atom. The van der Waals surface area contributed by atoms with Crippen LogP contribution in [-0.4, -0.2) is 59.1 Å². The summed E-state index contributed by atoms with van der Waals surface area (Å²) in [5.74, 6) is 2.16. The number of nitrogens with zero attached hydrogens (tertiary/aromatic N) is 4. The molecular weight excluding hydrogens is 332 g/mol.